The van der Waals surface area contributed by atoms with Gasteiger partial charge in [0, 0.05) is 6.42 Å². The molecule has 0 aliphatic rings. The standard InChI is InChI=1S/C26H51N2/c1-4-7-10-12-13-14-15-16-17-19-21-26-27(22-9-6-3)24-25-28(26)23-20-18-11-8-5-2/h24-25H,4-23H2,1-3H3/q+1. The molecule has 0 aliphatic carbocycles. The molecule has 2 nitrogen and oxygen atoms in total. The first kappa shape index (κ1) is 25.2. The molecular weight excluding hydrogens is 340 g/mol. The zero-order valence-corrected chi connectivity index (χ0v) is 19.7. The van der Waals surface area contributed by atoms with Gasteiger partial charge in [0.05, 0.1) is 13.1 Å². The summed E-state index contributed by atoms with van der Waals surface area (Å²) in [5, 5.41) is 0. The molecule has 0 unspecified atom stereocenters. The number of unbranched alkanes of at least 4 members (excludes halogenated alkanes) is 14. The van der Waals surface area contributed by atoms with Crippen LogP contribution in [-0.4, -0.2) is 4.57 Å². The van der Waals surface area contributed by atoms with Crippen molar-refractivity contribution in [2.45, 2.75) is 149 Å². The van der Waals surface area contributed by atoms with Crippen molar-refractivity contribution >= 4 is 0 Å². The van der Waals surface area contributed by atoms with E-state index in [9.17, 15) is 0 Å². The van der Waals surface area contributed by atoms with Crippen LogP contribution in [0.3, 0.4) is 0 Å². The second kappa shape index (κ2) is 18.3. The van der Waals surface area contributed by atoms with Gasteiger partial charge in [0.25, 0.3) is 5.82 Å². The predicted octanol–water partition coefficient (Wildman–Crippen LogP) is 8.01. The molecule has 164 valence electrons. The van der Waals surface area contributed by atoms with Crippen molar-refractivity contribution in [3.8, 4) is 0 Å². The molecule has 0 amide bonds. The van der Waals surface area contributed by atoms with Gasteiger partial charge in [-0.3, -0.25) is 0 Å². The van der Waals surface area contributed by atoms with Crippen LogP contribution in [0.25, 0.3) is 0 Å². The third kappa shape index (κ3) is 11.9. The Hall–Kier alpha value is -0.790. The molecule has 0 saturated carbocycles. The highest BCUT2D eigenvalue weighted by Gasteiger charge is 2.16. The minimum atomic E-state index is 1.20. The fourth-order valence-electron chi connectivity index (χ4n) is 4.18. The maximum absolute atomic E-state index is 2.56. The quantitative estimate of drug-likeness (QED) is 0.157. The monoisotopic (exact) mass is 391 g/mol. The van der Waals surface area contributed by atoms with Crippen LogP contribution in [0, 0.1) is 0 Å². The van der Waals surface area contributed by atoms with E-state index < -0.39 is 0 Å². The molecule has 1 aromatic heterocycles. The van der Waals surface area contributed by atoms with E-state index in [1.54, 1.807) is 5.82 Å². The predicted molar refractivity (Wildman–Crippen MR) is 124 cm³/mol. The minimum absolute atomic E-state index is 1.20. The molecule has 1 heterocycles. The second-order valence-electron chi connectivity index (χ2n) is 8.80. The lowest BCUT2D eigenvalue weighted by atomic mass is 10.1. The molecule has 0 saturated heterocycles. The van der Waals surface area contributed by atoms with Crippen molar-refractivity contribution < 1.29 is 4.57 Å². The average molecular weight is 392 g/mol. The number of hydrogen-bond acceptors (Lipinski definition) is 0. The van der Waals surface area contributed by atoms with Gasteiger partial charge in [-0.15, -0.1) is 0 Å². The first-order chi connectivity index (χ1) is 13.8. The van der Waals surface area contributed by atoms with Gasteiger partial charge in [-0.05, 0) is 25.7 Å². The fourth-order valence-corrected chi connectivity index (χ4v) is 4.18. The van der Waals surface area contributed by atoms with Crippen molar-refractivity contribution in [2.24, 2.45) is 0 Å². The Morgan fingerprint density at radius 1 is 0.607 bits per heavy atom. The van der Waals surface area contributed by atoms with E-state index in [0.717, 1.165) is 0 Å². The van der Waals surface area contributed by atoms with Crippen LogP contribution in [0.2, 0.25) is 0 Å². The molecule has 0 atom stereocenters. The first-order valence-corrected chi connectivity index (χ1v) is 12.9. The summed E-state index contributed by atoms with van der Waals surface area (Å²) in [6.07, 6.45) is 29.7. The van der Waals surface area contributed by atoms with Crippen LogP contribution in [-0.2, 0) is 19.5 Å². The van der Waals surface area contributed by atoms with Gasteiger partial charge >= 0.3 is 0 Å². The van der Waals surface area contributed by atoms with Gasteiger partial charge in [0.15, 0.2) is 0 Å². The molecule has 2 heteroatoms. The van der Waals surface area contributed by atoms with E-state index in [1.807, 2.05) is 0 Å². The third-order valence-electron chi connectivity index (χ3n) is 6.10. The summed E-state index contributed by atoms with van der Waals surface area (Å²) >= 11 is 0. The Labute approximate surface area is 177 Å². The van der Waals surface area contributed by atoms with Crippen LogP contribution >= 0.6 is 0 Å². The topological polar surface area (TPSA) is 8.81 Å². The van der Waals surface area contributed by atoms with Gasteiger partial charge in [-0.1, -0.05) is 104 Å². The summed E-state index contributed by atoms with van der Waals surface area (Å²) in [5.41, 5.74) is 0. The van der Waals surface area contributed by atoms with Crippen LogP contribution < -0.4 is 4.57 Å². The van der Waals surface area contributed by atoms with Gasteiger partial charge < -0.3 is 0 Å². The maximum atomic E-state index is 2.56. The molecule has 0 N–H and O–H groups in total. The van der Waals surface area contributed by atoms with Crippen LogP contribution in [0.4, 0.5) is 0 Å². The van der Waals surface area contributed by atoms with Crippen molar-refractivity contribution in [1.29, 1.82) is 0 Å². The SMILES string of the molecule is CCCCCCCCCCCCc1n(CCCC)cc[n+]1CCCCCCC. The van der Waals surface area contributed by atoms with E-state index in [1.165, 1.54) is 129 Å². The fraction of sp³-hybridized carbons (Fsp3) is 0.885. The molecule has 0 aromatic carbocycles. The van der Waals surface area contributed by atoms with E-state index in [0.29, 0.717) is 0 Å². The van der Waals surface area contributed by atoms with E-state index in [2.05, 4.69) is 42.3 Å². The van der Waals surface area contributed by atoms with Gasteiger partial charge in [0.2, 0.25) is 0 Å². The molecule has 0 bridgehead atoms. The zero-order chi connectivity index (χ0) is 20.3. The van der Waals surface area contributed by atoms with Crippen molar-refractivity contribution in [3.63, 3.8) is 0 Å². The lowest BCUT2D eigenvalue weighted by Crippen LogP contribution is -2.37. The summed E-state index contributed by atoms with van der Waals surface area (Å²) < 4.78 is 5.11. The number of nitrogens with zero attached hydrogens (tertiary/aromatic N) is 2. The Morgan fingerprint density at radius 2 is 1.11 bits per heavy atom. The average Bonchev–Trinajstić information content (AvgIpc) is 3.09. The molecule has 28 heavy (non-hydrogen) atoms. The van der Waals surface area contributed by atoms with Crippen molar-refractivity contribution in [3.05, 3.63) is 18.2 Å². The number of aromatic nitrogens is 2. The summed E-state index contributed by atoms with van der Waals surface area (Å²) in [6, 6.07) is 0. The second-order valence-corrected chi connectivity index (χ2v) is 8.80. The highest BCUT2D eigenvalue weighted by Crippen LogP contribution is 2.12. The number of rotatable bonds is 20. The molecule has 1 rings (SSSR count). The Morgan fingerprint density at radius 3 is 1.68 bits per heavy atom. The lowest BCUT2D eigenvalue weighted by molar-refractivity contribution is -0.704. The summed E-state index contributed by atoms with van der Waals surface area (Å²) in [5.74, 6) is 1.59. The molecule has 0 radical (unpaired) electrons. The number of imidazole rings is 1. The van der Waals surface area contributed by atoms with E-state index >= 15 is 0 Å². The summed E-state index contributed by atoms with van der Waals surface area (Å²) in [4.78, 5) is 0. The van der Waals surface area contributed by atoms with Crippen LogP contribution in [0.5, 0.6) is 0 Å². The maximum Gasteiger partial charge on any atom is 0.256 e. The summed E-state index contributed by atoms with van der Waals surface area (Å²) in [6.45, 7) is 9.32. The molecule has 0 spiro atoms. The van der Waals surface area contributed by atoms with Gasteiger partial charge in [0.1, 0.15) is 12.4 Å². The molecule has 0 aliphatic heterocycles. The van der Waals surface area contributed by atoms with Crippen molar-refractivity contribution in [2.75, 3.05) is 0 Å². The third-order valence-corrected chi connectivity index (χ3v) is 6.10. The highest BCUT2D eigenvalue weighted by molar-refractivity contribution is 4.84. The first-order valence-electron chi connectivity index (χ1n) is 12.9. The normalized spacial score (nSPS) is 11.4. The van der Waals surface area contributed by atoms with Gasteiger partial charge in [-0.25, -0.2) is 9.13 Å². The van der Waals surface area contributed by atoms with Gasteiger partial charge in [-0.2, -0.15) is 0 Å². The van der Waals surface area contributed by atoms with Crippen LogP contribution in [0.15, 0.2) is 12.4 Å². The Bertz CT molecular complexity index is 449. The van der Waals surface area contributed by atoms with Crippen molar-refractivity contribution in [1.82, 2.24) is 4.57 Å². The molecule has 0 fully saturated rings. The minimum Gasteiger partial charge on any atom is -0.234 e. The smallest absolute Gasteiger partial charge is 0.234 e. The highest BCUT2D eigenvalue weighted by atomic mass is 15.1. The number of hydrogen-bond donors (Lipinski definition) is 0. The number of aryl methyl sites for hydroxylation is 2. The molecular formula is C26H51N2+. The van der Waals surface area contributed by atoms with E-state index in [4.69, 9.17) is 0 Å². The lowest BCUT2D eigenvalue weighted by Gasteiger charge is -2.06. The van der Waals surface area contributed by atoms with Crippen LogP contribution in [0.1, 0.15) is 136 Å². The Balaban J connectivity index is 2.28. The largest absolute Gasteiger partial charge is 0.256 e. The zero-order valence-electron chi connectivity index (χ0n) is 19.7. The Kier molecular flexibility index (Phi) is 16.5. The van der Waals surface area contributed by atoms with E-state index in [-0.39, 0.29) is 0 Å². The molecule has 1 aromatic rings. The summed E-state index contributed by atoms with van der Waals surface area (Å²) in [7, 11) is 0.